The third-order valence-corrected chi connectivity index (χ3v) is 1.12. The lowest BCUT2D eigenvalue weighted by atomic mass is 9.99. The van der Waals surface area contributed by atoms with Crippen LogP contribution in [0.2, 0.25) is 0 Å². The molecule has 1 aliphatic carbocycles. The number of rotatable bonds is 0. The van der Waals surface area contributed by atoms with Crippen molar-refractivity contribution < 1.29 is 0 Å². The van der Waals surface area contributed by atoms with Crippen molar-refractivity contribution in [3.8, 4) is 0 Å². The summed E-state index contributed by atoms with van der Waals surface area (Å²) in [5.74, 6) is 0. The molecule has 0 saturated carbocycles. The summed E-state index contributed by atoms with van der Waals surface area (Å²) in [6.07, 6.45) is 6.94. The maximum atomic E-state index is 3.80. The molecule has 1 aliphatic rings. The molecule has 0 heterocycles. The Morgan fingerprint density at radius 3 is 2.62 bits per heavy atom. The van der Waals surface area contributed by atoms with E-state index in [4.69, 9.17) is 0 Å². The standard InChI is InChI=1S/C8H9/c1-7-4-3-5-8(2)6-7/h3-5H,1-2,6H2/q+1. The van der Waals surface area contributed by atoms with Gasteiger partial charge in [0.1, 0.15) is 0 Å². The van der Waals surface area contributed by atoms with E-state index >= 15 is 0 Å². The molecule has 0 saturated heterocycles. The van der Waals surface area contributed by atoms with E-state index in [0.29, 0.717) is 0 Å². The van der Waals surface area contributed by atoms with Crippen molar-refractivity contribution in [2.75, 3.05) is 0 Å². The normalized spacial score (nSPS) is 18.5. The van der Waals surface area contributed by atoms with E-state index in [1.54, 1.807) is 0 Å². The van der Waals surface area contributed by atoms with Crippen LogP contribution < -0.4 is 0 Å². The summed E-state index contributed by atoms with van der Waals surface area (Å²) in [5.41, 5.74) is 2.30. The van der Waals surface area contributed by atoms with Gasteiger partial charge < -0.3 is 0 Å². The molecule has 0 bridgehead atoms. The molecule has 0 heteroatoms. The van der Waals surface area contributed by atoms with Crippen molar-refractivity contribution in [3.05, 3.63) is 42.9 Å². The summed E-state index contributed by atoms with van der Waals surface area (Å²) < 4.78 is 0. The molecule has 0 aliphatic heterocycles. The zero-order valence-corrected chi connectivity index (χ0v) is 4.85. The molecule has 0 unspecified atom stereocenters. The first-order valence-corrected chi connectivity index (χ1v) is 2.66. The van der Waals surface area contributed by atoms with Crippen molar-refractivity contribution in [3.63, 3.8) is 0 Å². The van der Waals surface area contributed by atoms with Gasteiger partial charge in [-0.1, -0.05) is 6.58 Å². The first-order chi connectivity index (χ1) is 3.79. The molecule has 1 rings (SSSR count). The van der Waals surface area contributed by atoms with Gasteiger partial charge in [0.15, 0.2) is 0 Å². The molecule has 0 N–H and O–H groups in total. The maximum absolute atomic E-state index is 3.80. The minimum atomic E-state index is 0.941. The predicted molar refractivity (Wildman–Crippen MR) is 36.3 cm³/mol. The molecular weight excluding hydrogens is 96.1 g/mol. The molecule has 0 aromatic rings. The van der Waals surface area contributed by atoms with Gasteiger partial charge in [0, 0.05) is 30.6 Å². The van der Waals surface area contributed by atoms with Gasteiger partial charge in [0.05, 0.1) is 5.57 Å². The van der Waals surface area contributed by atoms with E-state index in [0.717, 1.165) is 17.6 Å². The van der Waals surface area contributed by atoms with Crippen molar-refractivity contribution in [2.45, 2.75) is 6.42 Å². The van der Waals surface area contributed by atoms with E-state index in [1.807, 2.05) is 18.6 Å². The Kier molecular flexibility index (Phi) is 1.25. The fourth-order valence-corrected chi connectivity index (χ4v) is 0.730. The Balaban J connectivity index is 2.68. The average Bonchev–Trinajstić information content (AvgIpc) is 1.64. The molecule has 0 fully saturated rings. The first kappa shape index (κ1) is 5.23. The second-order valence-corrected chi connectivity index (χ2v) is 2.02. The highest BCUT2D eigenvalue weighted by Gasteiger charge is 2.05. The van der Waals surface area contributed by atoms with Crippen LogP contribution in [0.5, 0.6) is 0 Å². The van der Waals surface area contributed by atoms with Crippen LogP contribution in [0, 0.1) is 6.42 Å². The van der Waals surface area contributed by atoms with E-state index < -0.39 is 0 Å². The van der Waals surface area contributed by atoms with Gasteiger partial charge in [-0.2, -0.15) is 0 Å². The van der Waals surface area contributed by atoms with Gasteiger partial charge in [-0.05, 0) is 6.58 Å². The third kappa shape index (κ3) is 1.03. The van der Waals surface area contributed by atoms with Crippen molar-refractivity contribution in [1.82, 2.24) is 0 Å². The summed E-state index contributed by atoms with van der Waals surface area (Å²) in [6.45, 7) is 7.59. The highest BCUT2D eigenvalue weighted by atomic mass is 14.0. The van der Waals surface area contributed by atoms with Crippen LogP contribution in [-0.4, -0.2) is 0 Å². The first-order valence-electron chi connectivity index (χ1n) is 2.66. The Labute approximate surface area is 50.2 Å². The molecule has 0 spiro atoms. The fraction of sp³-hybridized carbons (Fsp3) is 0.125. The quantitative estimate of drug-likeness (QED) is 0.414. The van der Waals surface area contributed by atoms with Gasteiger partial charge in [0.2, 0.25) is 0 Å². The van der Waals surface area contributed by atoms with Gasteiger partial charge in [-0.3, -0.25) is 0 Å². The smallest absolute Gasteiger partial charge is 0.0581 e. The number of hydrogen-bond acceptors (Lipinski definition) is 0. The van der Waals surface area contributed by atoms with Crippen molar-refractivity contribution in [2.24, 2.45) is 0 Å². The lowest BCUT2D eigenvalue weighted by Crippen LogP contribution is -1.87. The van der Waals surface area contributed by atoms with Crippen molar-refractivity contribution in [1.29, 1.82) is 0 Å². The third-order valence-electron chi connectivity index (χ3n) is 1.12. The molecule has 0 radical (unpaired) electrons. The Hall–Kier alpha value is -0.910. The summed E-state index contributed by atoms with van der Waals surface area (Å²) in [5, 5.41) is 0. The molecule has 8 heavy (non-hydrogen) atoms. The molecule has 0 atom stereocenters. The molecule has 0 aromatic carbocycles. The minimum absolute atomic E-state index is 0.941. The van der Waals surface area contributed by atoms with Gasteiger partial charge in [-0.15, -0.1) is 0 Å². The molecule has 40 valence electrons. The Morgan fingerprint density at radius 1 is 1.50 bits per heavy atom. The molecule has 0 amide bonds. The molecular formula is C8H9+. The summed E-state index contributed by atoms with van der Waals surface area (Å²) in [6, 6.07) is 0. The number of hydrogen-bond donors (Lipinski definition) is 0. The van der Waals surface area contributed by atoms with Crippen LogP contribution in [0.25, 0.3) is 0 Å². The zero-order valence-electron chi connectivity index (χ0n) is 4.85. The highest BCUT2D eigenvalue weighted by Crippen LogP contribution is 2.16. The molecule has 0 aromatic heterocycles. The van der Waals surface area contributed by atoms with Gasteiger partial charge in [0.25, 0.3) is 0 Å². The van der Waals surface area contributed by atoms with Crippen LogP contribution in [0.3, 0.4) is 0 Å². The van der Waals surface area contributed by atoms with Crippen LogP contribution in [0.1, 0.15) is 6.42 Å². The molecule has 0 nitrogen and oxygen atoms in total. The maximum Gasteiger partial charge on any atom is 0.0581 e. The number of allylic oxidation sites excluding steroid dienone is 4. The minimum Gasteiger partial charge on any atom is -0.0821 e. The Morgan fingerprint density at radius 2 is 2.25 bits per heavy atom. The SMILES string of the molecule is C=C1C=C[CH+]C(=C)C1. The van der Waals surface area contributed by atoms with Crippen LogP contribution >= 0.6 is 0 Å². The van der Waals surface area contributed by atoms with Crippen LogP contribution in [-0.2, 0) is 0 Å². The summed E-state index contributed by atoms with van der Waals surface area (Å²) in [4.78, 5) is 0. The predicted octanol–water partition coefficient (Wildman–Crippen LogP) is 2.26. The summed E-state index contributed by atoms with van der Waals surface area (Å²) in [7, 11) is 0. The highest BCUT2D eigenvalue weighted by molar-refractivity contribution is 5.35. The van der Waals surface area contributed by atoms with Gasteiger partial charge in [-0.25, -0.2) is 0 Å². The monoisotopic (exact) mass is 105 g/mol. The lowest BCUT2D eigenvalue weighted by Gasteiger charge is -1.99. The Bertz CT molecular complexity index is 149. The van der Waals surface area contributed by atoms with E-state index in [9.17, 15) is 0 Å². The van der Waals surface area contributed by atoms with Gasteiger partial charge >= 0.3 is 0 Å². The van der Waals surface area contributed by atoms with E-state index in [-0.39, 0.29) is 0 Å². The largest absolute Gasteiger partial charge is 0.0821 e. The summed E-state index contributed by atoms with van der Waals surface area (Å²) >= 11 is 0. The lowest BCUT2D eigenvalue weighted by molar-refractivity contribution is 1.17. The zero-order chi connectivity index (χ0) is 5.98. The second-order valence-electron chi connectivity index (χ2n) is 2.02. The fourth-order valence-electron chi connectivity index (χ4n) is 0.730. The van der Waals surface area contributed by atoms with Crippen molar-refractivity contribution >= 4 is 0 Å². The van der Waals surface area contributed by atoms with Crippen LogP contribution in [0.4, 0.5) is 0 Å². The van der Waals surface area contributed by atoms with E-state index in [1.165, 1.54) is 0 Å². The van der Waals surface area contributed by atoms with E-state index in [2.05, 4.69) is 13.2 Å². The topological polar surface area (TPSA) is 0 Å². The second kappa shape index (κ2) is 1.91. The van der Waals surface area contributed by atoms with Crippen LogP contribution in [0.15, 0.2) is 36.5 Å². The average molecular weight is 105 g/mol.